The fraction of sp³-hybridized carbons (Fsp3) is 0.312. The summed E-state index contributed by atoms with van der Waals surface area (Å²) in [6.07, 6.45) is 1.77. The summed E-state index contributed by atoms with van der Waals surface area (Å²) >= 11 is 0. The molecule has 0 bridgehead atoms. The first-order valence-corrected chi connectivity index (χ1v) is 6.75. The Hall–Kier alpha value is -2.01. The molecule has 0 saturated carbocycles. The third-order valence-electron chi connectivity index (χ3n) is 3.30. The molecule has 1 heterocycles. The van der Waals surface area contributed by atoms with Gasteiger partial charge in [-0.25, -0.2) is 0 Å². The van der Waals surface area contributed by atoms with Gasteiger partial charge in [0, 0.05) is 18.8 Å². The highest BCUT2D eigenvalue weighted by atomic mass is 19.3. The van der Waals surface area contributed by atoms with E-state index in [-0.39, 0.29) is 11.8 Å². The number of nitrogens with one attached hydrogen (secondary N) is 1. The highest BCUT2D eigenvalue weighted by Crippen LogP contribution is 2.19. The number of ether oxygens (including phenoxy) is 1. The van der Waals surface area contributed by atoms with Crippen LogP contribution < -0.4 is 10.1 Å². The lowest BCUT2D eigenvalue weighted by molar-refractivity contribution is -0.0498. The summed E-state index contributed by atoms with van der Waals surface area (Å²) in [7, 11) is 0. The molecular weight excluding hydrogens is 274 g/mol. The lowest BCUT2D eigenvalue weighted by atomic mass is 10.1. The fourth-order valence-corrected chi connectivity index (χ4v) is 2.01. The van der Waals surface area contributed by atoms with Crippen molar-refractivity contribution in [2.24, 2.45) is 0 Å². The highest BCUT2D eigenvalue weighted by molar-refractivity contribution is 5.29. The Morgan fingerprint density at radius 2 is 1.90 bits per heavy atom. The number of hydrogen-bond acceptors (Lipinski definition) is 3. The lowest BCUT2D eigenvalue weighted by Gasteiger charge is -2.15. The minimum Gasteiger partial charge on any atom is -0.435 e. The molecule has 0 saturated heterocycles. The molecule has 0 aliphatic heterocycles. The van der Waals surface area contributed by atoms with Gasteiger partial charge in [-0.15, -0.1) is 0 Å². The smallest absolute Gasteiger partial charge is 0.387 e. The first kappa shape index (κ1) is 15.4. The largest absolute Gasteiger partial charge is 0.435 e. The number of halogens is 2. The lowest BCUT2D eigenvalue weighted by Crippen LogP contribution is -2.19. The normalized spacial score (nSPS) is 12.4. The second-order valence-corrected chi connectivity index (χ2v) is 4.82. The van der Waals surface area contributed by atoms with E-state index in [1.54, 1.807) is 30.5 Å². The van der Waals surface area contributed by atoms with Crippen LogP contribution in [0.15, 0.2) is 42.6 Å². The molecule has 0 spiro atoms. The molecule has 5 heteroatoms. The average molecular weight is 292 g/mol. The van der Waals surface area contributed by atoms with E-state index in [9.17, 15) is 8.78 Å². The molecule has 0 aliphatic rings. The number of alkyl halides is 2. The van der Waals surface area contributed by atoms with Gasteiger partial charge in [0.1, 0.15) is 5.75 Å². The van der Waals surface area contributed by atoms with E-state index in [2.05, 4.69) is 15.0 Å². The van der Waals surface area contributed by atoms with Crippen LogP contribution in [-0.2, 0) is 6.54 Å². The van der Waals surface area contributed by atoms with Gasteiger partial charge in [-0.2, -0.15) is 8.78 Å². The number of rotatable bonds is 6. The zero-order valence-electron chi connectivity index (χ0n) is 12.0. The number of pyridine rings is 1. The van der Waals surface area contributed by atoms with Crippen LogP contribution >= 0.6 is 0 Å². The van der Waals surface area contributed by atoms with Gasteiger partial charge in [0.05, 0.1) is 5.69 Å². The number of aromatic nitrogens is 1. The maximum Gasteiger partial charge on any atom is 0.387 e. The van der Waals surface area contributed by atoms with Crippen LogP contribution in [0.5, 0.6) is 5.75 Å². The predicted octanol–water partition coefficient (Wildman–Crippen LogP) is 3.84. The van der Waals surface area contributed by atoms with Crippen molar-refractivity contribution in [3.63, 3.8) is 0 Å². The fourth-order valence-electron chi connectivity index (χ4n) is 2.01. The molecule has 2 aromatic rings. The zero-order valence-corrected chi connectivity index (χ0v) is 12.0. The third-order valence-corrected chi connectivity index (χ3v) is 3.30. The maximum atomic E-state index is 12.1. The van der Waals surface area contributed by atoms with Gasteiger partial charge in [0.25, 0.3) is 0 Å². The van der Waals surface area contributed by atoms with Gasteiger partial charge < -0.3 is 10.1 Å². The summed E-state index contributed by atoms with van der Waals surface area (Å²) in [5, 5.41) is 3.36. The van der Waals surface area contributed by atoms with Crippen LogP contribution in [-0.4, -0.2) is 11.6 Å². The van der Waals surface area contributed by atoms with Gasteiger partial charge >= 0.3 is 6.61 Å². The van der Waals surface area contributed by atoms with E-state index < -0.39 is 6.61 Å². The molecule has 1 aromatic heterocycles. The Kier molecular flexibility index (Phi) is 5.22. The summed E-state index contributed by atoms with van der Waals surface area (Å²) in [5.41, 5.74) is 3.14. The van der Waals surface area contributed by atoms with Crippen LogP contribution in [0.3, 0.4) is 0 Å². The van der Waals surface area contributed by atoms with E-state index >= 15 is 0 Å². The molecule has 0 amide bonds. The molecule has 1 aromatic carbocycles. The molecule has 0 aliphatic carbocycles. The summed E-state index contributed by atoms with van der Waals surface area (Å²) in [6.45, 7) is 1.90. The van der Waals surface area contributed by atoms with Crippen LogP contribution in [0.25, 0.3) is 0 Å². The summed E-state index contributed by atoms with van der Waals surface area (Å²) < 4.78 is 28.5. The Balaban J connectivity index is 1.94. The van der Waals surface area contributed by atoms with Gasteiger partial charge in [-0.05, 0) is 43.2 Å². The molecule has 0 radical (unpaired) electrons. The maximum absolute atomic E-state index is 12.1. The van der Waals surface area contributed by atoms with Crippen LogP contribution in [0.1, 0.15) is 29.8 Å². The van der Waals surface area contributed by atoms with Crippen molar-refractivity contribution in [2.45, 2.75) is 33.0 Å². The van der Waals surface area contributed by atoms with Crippen molar-refractivity contribution in [2.75, 3.05) is 0 Å². The molecule has 112 valence electrons. The Morgan fingerprint density at radius 3 is 2.52 bits per heavy atom. The van der Waals surface area contributed by atoms with Gasteiger partial charge in [-0.3, -0.25) is 4.98 Å². The Bertz CT molecular complexity index is 573. The molecule has 3 nitrogen and oxygen atoms in total. The number of benzene rings is 1. The van der Waals surface area contributed by atoms with Crippen molar-refractivity contribution in [1.82, 2.24) is 10.3 Å². The van der Waals surface area contributed by atoms with Crippen LogP contribution in [0.4, 0.5) is 8.78 Å². The molecule has 21 heavy (non-hydrogen) atoms. The molecule has 1 unspecified atom stereocenters. The predicted molar refractivity (Wildman–Crippen MR) is 77.3 cm³/mol. The van der Waals surface area contributed by atoms with Gasteiger partial charge in [0.15, 0.2) is 0 Å². The Labute approximate surface area is 123 Å². The third kappa shape index (κ3) is 4.49. The topological polar surface area (TPSA) is 34.2 Å². The first-order valence-electron chi connectivity index (χ1n) is 6.75. The molecule has 1 atom stereocenters. The van der Waals surface area contributed by atoms with Crippen molar-refractivity contribution in [3.05, 3.63) is 59.4 Å². The summed E-state index contributed by atoms with van der Waals surface area (Å²) in [4.78, 5) is 4.32. The number of nitrogens with zero attached hydrogens (tertiary/aromatic N) is 1. The van der Waals surface area contributed by atoms with Crippen molar-refractivity contribution in [3.8, 4) is 5.75 Å². The monoisotopic (exact) mass is 292 g/mol. The molecular formula is C16H18F2N2O. The standard InChI is InChI=1S/C16H18F2N2O/c1-11-4-3-9-19-15(11)10-20-12(2)13-5-7-14(8-6-13)21-16(17)18/h3-9,12,16,20H,10H2,1-2H3. The van der Waals surface area contributed by atoms with Crippen LogP contribution in [0.2, 0.25) is 0 Å². The van der Waals surface area contributed by atoms with Gasteiger partial charge in [-0.1, -0.05) is 18.2 Å². The van der Waals surface area contributed by atoms with E-state index in [4.69, 9.17) is 0 Å². The van der Waals surface area contributed by atoms with Crippen LogP contribution in [0, 0.1) is 6.92 Å². The van der Waals surface area contributed by atoms with Crippen molar-refractivity contribution >= 4 is 0 Å². The van der Waals surface area contributed by atoms with Gasteiger partial charge in [0.2, 0.25) is 0 Å². The van der Waals surface area contributed by atoms with E-state index in [1.807, 2.05) is 26.0 Å². The van der Waals surface area contributed by atoms with Crippen molar-refractivity contribution in [1.29, 1.82) is 0 Å². The van der Waals surface area contributed by atoms with Crippen molar-refractivity contribution < 1.29 is 13.5 Å². The van der Waals surface area contributed by atoms with E-state index in [0.29, 0.717) is 6.54 Å². The number of hydrogen-bond donors (Lipinski definition) is 1. The average Bonchev–Trinajstić information content (AvgIpc) is 2.46. The molecule has 1 N–H and O–H groups in total. The highest BCUT2D eigenvalue weighted by Gasteiger charge is 2.08. The summed E-state index contributed by atoms with van der Waals surface area (Å²) in [6, 6.07) is 10.7. The zero-order chi connectivity index (χ0) is 15.2. The molecule has 0 fully saturated rings. The minimum absolute atomic E-state index is 0.0898. The Morgan fingerprint density at radius 1 is 1.19 bits per heavy atom. The molecule has 2 rings (SSSR count). The second kappa shape index (κ2) is 7.13. The second-order valence-electron chi connectivity index (χ2n) is 4.82. The van der Waals surface area contributed by atoms with E-state index in [0.717, 1.165) is 16.8 Å². The summed E-state index contributed by atoms with van der Waals surface area (Å²) in [5.74, 6) is 0.168. The minimum atomic E-state index is -2.79. The quantitative estimate of drug-likeness (QED) is 0.878. The van der Waals surface area contributed by atoms with E-state index in [1.165, 1.54) is 0 Å². The number of aryl methyl sites for hydroxylation is 1. The SMILES string of the molecule is Cc1cccnc1CNC(C)c1ccc(OC(F)F)cc1. The first-order chi connectivity index (χ1) is 10.1.